The normalized spacial score (nSPS) is 15.3. The third-order valence-electron chi connectivity index (χ3n) is 2.50. The molecule has 0 atom stereocenters. The molecule has 4 heteroatoms. The molecule has 2 rings (SSSR count). The van der Waals surface area contributed by atoms with Gasteiger partial charge >= 0.3 is 5.97 Å². The van der Waals surface area contributed by atoms with E-state index >= 15 is 0 Å². The average molecular weight is 209 g/mol. The highest BCUT2D eigenvalue weighted by atomic mass is 16.5. The second-order valence-electron chi connectivity index (χ2n) is 3.87. The molecule has 1 aromatic rings. The Kier molecular flexibility index (Phi) is 3.06. The van der Waals surface area contributed by atoms with Crippen LogP contribution in [0.1, 0.15) is 29.0 Å². The molecule has 1 aromatic heterocycles. The maximum atomic E-state index is 11.1. The first-order valence-corrected chi connectivity index (χ1v) is 5.16. The Hall–Kier alpha value is -1.29. The van der Waals surface area contributed by atoms with E-state index in [1.807, 2.05) is 0 Å². The zero-order valence-electron chi connectivity index (χ0n) is 8.79. The lowest BCUT2D eigenvalue weighted by atomic mass is 10.3. The van der Waals surface area contributed by atoms with Gasteiger partial charge in [-0.05, 0) is 31.4 Å². The van der Waals surface area contributed by atoms with Crippen LogP contribution in [0.4, 0.5) is 0 Å². The molecule has 0 spiro atoms. The van der Waals surface area contributed by atoms with E-state index < -0.39 is 0 Å². The van der Waals surface area contributed by atoms with Gasteiger partial charge in [-0.2, -0.15) is 0 Å². The number of esters is 1. The summed E-state index contributed by atoms with van der Waals surface area (Å²) in [7, 11) is 1.36. The fourth-order valence-electron chi connectivity index (χ4n) is 1.42. The number of methoxy groups -OCH3 is 1. The van der Waals surface area contributed by atoms with Crippen LogP contribution in [0.15, 0.2) is 16.7 Å². The first kappa shape index (κ1) is 10.2. The standard InChI is InChI=1S/C11H15NO3/c1-14-11(13)9-4-10(15-7-9)6-12-5-8-2-3-8/h4,7-8,12H,2-3,5-6H2,1H3. The van der Waals surface area contributed by atoms with Gasteiger partial charge in [0.25, 0.3) is 0 Å². The molecule has 4 nitrogen and oxygen atoms in total. The van der Waals surface area contributed by atoms with Gasteiger partial charge in [0.1, 0.15) is 12.0 Å². The van der Waals surface area contributed by atoms with Gasteiger partial charge in [-0.3, -0.25) is 0 Å². The van der Waals surface area contributed by atoms with Crippen LogP contribution >= 0.6 is 0 Å². The number of furan rings is 1. The van der Waals surface area contributed by atoms with E-state index in [0.29, 0.717) is 12.1 Å². The summed E-state index contributed by atoms with van der Waals surface area (Å²) in [4.78, 5) is 11.1. The van der Waals surface area contributed by atoms with Crippen LogP contribution in [-0.2, 0) is 11.3 Å². The van der Waals surface area contributed by atoms with Gasteiger partial charge in [-0.25, -0.2) is 4.79 Å². The Morgan fingerprint density at radius 1 is 1.67 bits per heavy atom. The molecule has 0 aliphatic heterocycles. The molecule has 1 aliphatic rings. The molecule has 0 unspecified atom stereocenters. The summed E-state index contributed by atoms with van der Waals surface area (Å²) in [6.07, 6.45) is 4.09. The van der Waals surface area contributed by atoms with Crippen LogP contribution in [-0.4, -0.2) is 19.6 Å². The third kappa shape index (κ3) is 2.83. The lowest BCUT2D eigenvalue weighted by Gasteiger charge is -1.98. The molecule has 1 heterocycles. The minimum absolute atomic E-state index is 0.354. The fraction of sp³-hybridized carbons (Fsp3) is 0.545. The average Bonchev–Trinajstić information content (AvgIpc) is 2.94. The maximum Gasteiger partial charge on any atom is 0.341 e. The van der Waals surface area contributed by atoms with E-state index in [2.05, 4.69) is 10.1 Å². The lowest BCUT2D eigenvalue weighted by molar-refractivity contribution is 0.0600. The van der Waals surface area contributed by atoms with Crippen LogP contribution in [0.5, 0.6) is 0 Å². The van der Waals surface area contributed by atoms with Crippen molar-refractivity contribution in [3.63, 3.8) is 0 Å². The number of hydrogen-bond acceptors (Lipinski definition) is 4. The molecular weight excluding hydrogens is 194 g/mol. The number of rotatable bonds is 5. The van der Waals surface area contributed by atoms with Crippen molar-refractivity contribution in [1.82, 2.24) is 5.32 Å². The first-order valence-electron chi connectivity index (χ1n) is 5.16. The van der Waals surface area contributed by atoms with Gasteiger partial charge < -0.3 is 14.5 Å². The smallest absolute Gasteiger partial charge is 0.341 e. The van der Waals surface area contributed by atoms with Crippen molar-refractivity contribution >= 4 is 5.97 Å². The number of carbonyl (C=O) groups excluding carboxylic acids is 1. The predicted octanol–water partition coefficient (Wildman–Crippen LogP) is 1.57. The zero-order valence-corrected chi connectivity index (χ0v) is 8.79. The van der Waals surface area contributed by atoms with Gasteiger partial charge in [-0.1, -0.05) is 0 Å². The van der Waals surface area contributed by atoms with Crippen LogP contribution in [0, 0.1) is 5.92 Å². The fourth-order valence-corrected chi connectivity index (χ4v) is 1.42. The maximum absolute atomic E-state index is 11.1. The van der Waals surface area contributed by atoms with Crippen molar-refractivity contribution in [2.24, 2.45) is 5.92 Å². The highest BCUT2D eigenvalue weighted by Gasteiger charge is 2.20. The molecule has 1 fully saturated rings. The molecule has 1 N–H and O–H groups in total. The Morgan fingerprint density at radius 2 is 2.47 bits per heavy atom. The van der Waals surface area contributed by atoms with Gasteiger partial charge in [0, 0.05) is 0 Å². The summed E-state index contributed by atoms with van der Waals surface area (Å²) in [5.74, 6) is 1.27. The van der Waals surface area contributed by atoms with Gasteiger partial charge in [0.2, 0.25) is 0 Å². The minimum Gasteiger partial charge on any atom is -0.467 e. The second kappa shape index (κ2) is 4.49. The molecule has 0 bridgehead atoms. The van der Waals surface area contributed by atoms with E-state index in [0.717, 1.165) is 18.2 Å². The topological polar surface area (TPSA) is 51.5 Å². The van der Waals surface area contributed by atoms with E-state index in [-0.39, 0.29) is 5.97 Å². The molecular formula is C11H15NO3. The van der Waals surface area contributed by atoms with Crippen molar-refractivity contribution in [1.29, 1.82) is 0 Å². The molecule has 0 radical (unpaired) electrons. The minimum atomic E-state index is -0.354. The van der Waals surface area contributed by atoms with Crippen molar-refractivity contribution in [3.05, 3.63) is 23.7 Å². The van der Waals surface area contributed by atoms with Crippen molar-refractivity contribution in [3.8, 4) is 0 Å². The van der Waals surface area contributed by atoms with E-state index in [1.54, 1.807) is 6.07 Å². The van der Waals surface area contributed by atoms with Crippen molar-refractivity contribution in [2.75, 3.05) is 13.7 Å². The highest BCUT2D eigenvalue weighted by Crippen LogP contribution is 2.27. The van der Waals surface area contributed by atoms with E-state index in [1.165, 1.54) is 26.2 Å². The molecule has 0 aromatic carbocycles. The predicted molar refractivity (Wildman–Crippen MR) is 54.5 cm³/mol. The molecule has 1 aliphatic carbocycles. The summed E-state index contributed by atoms with van der Waals surface area (Å²) >= 11 is 0. The quantitative estimate of drug-likeness (QED) is 0.748. The second-order valence-corrected chi connectivity index (χ2v) is 3.87. The Labute approximate surface area is 88.6 Å². The van der Waals surface area contributed by atoms with E-state index in [4.69, 9.17) is 4.42 Å². The highest BCUT2D eigenvalue weighted by molar-refractivity contribution is 5.88. The van der Waals surface area contributed by atoms with Crippen LogP contribution in [0.2, 0.25) is 0 Å². The third-order valence-corrected chi connectivity index (χ3v) is 2.50. The summed E-state index contributed by atoms with van der Waals surface area (Å²) < 4.78 is 9.81. The van der Waals surface area contributed by atoms with Crippen LogP contribution < -0.4 is 5.32 Å². The van der Waals surface area contributed by atoms with Gasteiger partial charge in [-0.15, -0.1) is 0 Å². The molecule has 0 saturated heterocycles. The number of carbonyl (C=O) groups is 1. The SMILES string of the molecule is COC(=O)c1coc(CNCC2CC2)c1. The summed E-state index contributed by atoms with van der Waals surface area (Å²) in [6, 6.07) is 1.71. The Bertz CT molecular complexity index is 341. The largest absolute Gasteiger partial charge is 0.467 e. The van der Waals surface area contributed by atoms with Crippen molar-refractivity contribution in [2.45, 2.75) is 19.4 Å². The molecule has 0 amide bonds. The Balaban J connectivity index is 1.80. The Morgan fingerprint density at radius 3 is 3.13 bits per heavy atom. The van der Waals surface area contributed by atoms with Gasteiger partial charge in [0.05, 0.1) is 19.2 Å². The number of nitrogens with one attached hydrogen (secondary N) is 1. The zero-order chi connectivity index (χ0) is 10.7. The van der Waals surface area contributed by atoms with Gasteiger partial charge in [0.15, 0.2) is 0 Å². The summed E-state index contributed by atoms with van der Waals surface area (Å²) in [5.41, 5.74) is 0.473. The molecule has 1 saturated carbocycles. The summed E-state index contributed by atoms with van der Waals surface area (Å²) in [6.45, 7) is 1.71. The molecule has 15 heavy (non-hydrogen) atoms. The number of hydrogen-bond donors (Lipinski definition) is 1. The van der Waals surface area contributed by atoms with Crippen LogP contribution in [0.3, 0.4) is 0 Å². The monoisotopic (exact) mass is 209 g/mol. The van der Waals surface area contributed by atoms with Crippen molar-refractivity contribution < 1.29 is 13.9 Å². The number of ether oxygens (including phenoxy) is 1. The first-order chi connectivity index (χ1) is 7.29. The summed E-state index contributed by atoms with van der Waals surface area (Å²) in [5, 5.41) is 3.29. The van der Waals surface area contributed by atoms with E-state index in [9.17, 15) is 4.79 Å². The van der Waals surface area contributed by atoms with Crippen LogP contribution in [0.25, 0.3) is 0 Å². The lowest BCUT2D eigenvalue weighted by Crippen LogP contribution is -2.15. The molecule has 82 valence electrons.